The van der Waals surface area contributed by atoms with Crippen molar-refractivity contribution in [1.29, 1.82) is 0 Å². The van der Waals surface area contributed by atoms with Gasteiger partial charge in [-0.3, -0.25) is 24.1 Å². The minimum absolute atomic E-state index is 0.180. The van der Waals surface area contributed by atoms with Crippen molar-refractivity contribution in [2.24, 2.45) is 5.92 Å². The first-order valence-corrected chi connectivity index (χ1v) is 9.52. The van der Waals surface area contributed by atoms with Crippen LogP contribution < -0.4 is 0 Å². The number of carbonyl (C=O) groups excluding carboxylic acids is 3. The number of carbonyl (C=O) groups is 4. The molecule has 3 amide bonds. The first-order valence-electron chi connectivity index (χ1n) is 9.52. The molecule has 0 saturated carbocycles. The highest BCUT2D eigenvalue weighted by Crippen LogP contribution is 2.27. The number of amides is 3. The number of benzene rings is 2. The van der Waals surface area contributed by atoms with Gasteiger partial charge in [-0.25, -0.2) is 0 Å². The lowest BCUT2D eigenvalue weighted by atomic mass is 9.96. The Labute approximate surface area is 167 Å². The molecule has 2 aliphatic rings. The number of hydrogen-bond donors (Lipinski definition) is 1. The van der Waals surface area contributed by atoms with Gasteiger partial charge in [0.25, 0.3) is 17.7 Å². The fraction of sp³-hybridized carbons (Fsp3) is 0.273. The Balaban J connectivity index is 1.52. The molecule has 1 fully saturated rings. The lowest BCUT2D eigenvalue weighted by Gasteiger charge is -2.30. The van der Waals surface area contributed by atoms with Crippen LogP contribution in [0.4, 0.5) is 0 Å². The number of aliphatic carboxylic acids is 1. The number of carboxylic acids is 1. The maximum Gasteiger partial charge on any atom is 0.306 e. The van der Waals surface area contributed by atoms with Crippen LogP contribution >= 0.6 is 0 Å². The van der Waals surface area contributed by atoms with Crippen LogP contribution in [0.1, 0.15) is 49.5 Å². The zero-order chi connectivity index (χ0) is 20.5. The van der Waals surface area contributed by atoms with Crippen LogP contribution in [0.25, 0.3) is 0 Å². The SMILES string of the molecule is O=C(O)C1CCN(C(=O)c2ccc3c(c2)C(=O)N(Cc2ccccc2)C3=O)CC1. The zero-order valence-electron chi connectivity index (χ0n) is 15.7. The van der Waals surface area contributed by atoms with Crippen LogP contribution in [0, 0.1) is 5.92 Å². The predicted octanol–water partition coefficient (Wildman–Crippen LogP) is 2.42. The first kappa shape index (κ1) is 18.9. The molecule has 29 heavy (non-hydrogen) atoms. The van der Waals surface area contributed by atoms with Gasteiger partial charge in [-0.05, 0) is 36.6 Å². The Morgan fingerprint density at radius 3 is 2.24 bits per heavy atom. The summed E-state index contributed by atoms with van der Waals surface area (Å²) < 4.78 is 0. The molecular weight excluding hydrogens is 372 g/mol. The minimum atomic E-state index is -0.836. The fourth-order valence-electron chi connectivity index (χ4n) is 3.85. The highest BCUT2D eigenvalue weighted by Gasteiger charge is 2.36. The van der Waals surface area contributed by atoms with E-state index in [9.17, 15) is 19.2 Å². The number of piperidine rings is 1. The van der Waals surface area contributed by atoms with Crippen LogP contribution in [-0.2, 0) is 11.3 Å². The molecule has 7 nitrogen and oxygen atoms in total. The van der Waals surface area contributed by atoms with E-state index in [4.69, 9.17) is 5.11 Å². The van der Waals surface area contributed by atoms with E-state index in [1.165, 1.54) is 17.0 Å². The van der Waals surface area contributed by atoms with Crippen molar-refractivity contribution in [2.45, 2.75) is 19.4 Å². The average molecular weight is 392 g/mol. The van der Waals surface area contributed by atoms with Crippen molar-refractivity contribution in [1.82, 2.24) is 9.80 Å². The molecular formula is C22H20N2O5. The molecule has 0 radical (unpaired) electrons. The quantitative estimate of drug-likeness (QED) is 0.807. The normalized spacial score (nSPS) is 16.8. The summed E-state index contributed by atoms with van der Waals surface area (Å²) in [5.41, 5.74) is 1.71. The summed E-state index contributed by atoms with van der Waals surface area (Å²) in [7, 11) is 0. The van der Waals surface area contributed by atoms with Crippen molar-refractivity contribution in [3.8, 4) is 0 Å². The van der Waals surface area contributed by atoms with Crippen LogP contribution in [-0.4, -0.2) is 51.7 Å². The molecule has 0 spiro atoms. The molecule has 0 aromatic heterocycles. The van der Waals surface area contributed by atoms with Crippen molar-refractivity contribution in [3.63, 3.8) is 0 Å². The molecule has 1 N–H and O–H groups in total. The standard InChI is InChI=1S/C22H20N2O5/c25-19(23-10-8-15(9-11-23)22(28)29)16-6-7-17-18(12-16)21(27)24(20(17)26)13-14-4-2-1-3-5-14/h1-7,12,15H,8-11,13H2,(H,28,29). The summed E-state index contributed by atoms with van der Waals surface area (Å²) in [6.45, 7) is 0.902. The van der Waals surface area contributed by atoms with Crippen LogP contribution in [0.3, 0.4) is 0 Å². The molecule has 0 aliphatic carbocycles. The van der Waals surface area contributed by atoms with Gasteiger partial charge in [0.05, 0.1) is 23.6 Å². The van der Waals surface area contributed by atoms with Gasteiger partial charge >= 0.3 is 5.97 Å². The number of imide groups is 1. The number of likely N-dealkylation sites (tertiary alicyclic amines) is 1. The minimum Gasteiger partial charge on any atom is -0.481 e. The van der Waals surface area contributed by atoms with E-state index in [1.807, 2.05) is 30.3 Å². The molecule has 2 aliphatic heterocycles. The molecule has 0 bridgehead atoms. The zero-order valence-corrected chi connectivity index (χ0v) is 15.7. The smallest absolute Gasteiger partial charge is 0.306 e. The summed E-state index contributed by atoms with van der Waals surface area (Å²) in [6, 6.07) is 13.8. The molecule has 1 saturated heterocycles. The largest absolute Gasteiger partial charge is 0.481 e. The molecule has 2 aromatic carbocycles. The molecule has 0 atom stereocenters. The highest BCUT2D eigenvalue weighted by atomic mass is 16.4. The average Bonchev–Trinajstić information content (AvgIpc) is 2.98. The van der Waals surface area contributed by atoms with E-state index in [1.54, 1.807) is 11.0 Å². The van der Waals surface area contributed by atoms with Crippen molar-refractivity contribution < 1.29 is 24.3 Å². The third kappa shape index (κ3) is 3.51. The highest BCUT2D eigenvalue weighted by molar-refractivity contribution is 6.22. The summed E-state index contributed by atoms with van der Waals surface area (Å²) in [5.74, 6) is -2.29. The van der Waals surface area contributed by atoms with Gasteiger partial charge in [0, 0.05) is 18.7 Å². The molecule has 148 valence electrons. The third-order valence-electron chi connectivity index (χ3n) is 5.53. The maximum absolute atomic E-state index is 12.8. The topological polar surface area (TPSA) is 95.0 Å². The number of hydrogen-bond acceptors (Lipinski definition) is 4. The summed E-state index contributed by atoms with van der Waals surface area (Å²) >= 11 is 0. The third-order valence-corrected chi connectivity index (χ3v) is 5.53. The van der Waals surface area contributed by atoms with Gasteiger partial charge in [-0.1, -0.05) is 30.3 Å². The Kier molecular flexibility index (Phi) is 4.88. The molecule has 7 heteroatoms. The van der Waals surface area contributed by atoms with Crippen molar-refractivity contribution in [2.75, 3.05) is 13.1 Å². The Bertz CT molecular complexity index is 994. The van der Waals surface area contributed by atoms with Gasteiger partial charge in [0.2, 0.25) is 0 Å². The fourth-order valence-corrected chi connectivity index (χ4v) is 3.85. The second kappa shape index (κ2) is 7.50. The van der Waals surface area contributed by atoms with Gasteiger partial charge in [0.1, 0.15) is 0 Å². The van der Waals surface area contributed by atoms with Crippen molar-refractivity contribution in [3.05, 3.63) is 70.8 Å². The maximum atomic E-state index is 12.8. The van der Waals surface area contributed by atoms with Gasteiger partial charge in [0.15, 0.2) is 0 Å². The van der Waals surface area contributed by atoms with Gasteiger partial charge in [-0.15, -0.1) is 0 Å². The molecule has 0 unspecified atom stereocenters. The monoisotopic (exact) mass is 392 g/mol. The van der Waals surface area contributed by atoms with E-state index < -0.39 is 17.8 Å². The van der Waals surface area contributed by atoms with E-state index in [-0.39, 0.29) is 23.9 Å². The Morgan fingerprint density at radius 2 is 1.59 bits per heavy atom. The predicted molar refractivity (Wildman–Crippen MR) is 103 cm³/mol. The lowest BCUT2D eigenvalue weighted by Crippen LogP contribution is -2.40. The second-order valence-electron chi connectivity index (χ2n) is 7.35. The number of fused-ring (bicyclic) bond motifs is 1. The van der Waals surface area contributed by atoms with Gasteiger partial charge in [-0.2, -0.15) is 0 Å². The summed E-state index contributed by atoms with van der Waals surface area (Å²) in [6.07, 6.45) is 0.822. The first-order chi connectivity index (χ1) is 14.0. The van der Waals surface area contributed by atoms with E-state index in [0.717, 1.165) is 5.56 Å². The van der Waals surface area contributed by atoms with Crippen LogP contribution in [0.5, 0.6) is 0 Å². The van der Waals surface area contributed by atoms with Gasteiger partial charge < -0.3 is 10.0 Å². The second-order valence-corrected chi connectivity index (χ2v) is 7.35. The molecule has 4 rings (SSSR count). The van der Waals surface area contributed by atoms with Crippen LogP contribution in [0.15, 0.2) is 48.5 Å². The Hall–Kier alpha value is -3.48. The number of nitrogens with zero attached hydrogens (tertiary/aromatic N) is 2. The molecule has 2 heterocycles. The Morgan fingerprint density at radius 1 is 0.931 bits per heavy atom. The summed E-state index contributed by atoms with van der Waals surface area (Å²) in [5, 5.41) is 9.09. The van der Waals surface area contributed by atoms with Crippen molar-refractivity contribution >= 4 is 23.7 Å². The molecule has 2 aromatic rings. The van der Waals surface area contributed by atoms with Crippen LogP contribution in [0.2, 0.25) is 0 Å². The number of carboxylic acid groups (broad SMARTS) is 1. The lowest BCUT2D eigenvalue weighted by molar-refractivity contribution is -0.143. The van der Waals surface area contributed by atoms with E-state index >= 15 is 0 Å². The number of rotatable bonds is 4. The van der Waals surface area contributed by atoms with E-state index in [2.05, 4.69) is 0 Å². The summed E-state index contributed by atoms with van der Waals surface area (Å²) in [4.78, 5) is 52.1. The van der Waals surface area contributed by atoms with E-state index in [0.29, 0.717) is 37.1 Å².